The molecule has 3 aromatic rings. The molecule has 1 atom stereocenters. The van der Waals surface area contributed by atoms with Crippen molar-refractivity contribution in [3.8, 4) is 11.1 Å². The van der Waals surface area contributed by atoms with Gasteiger partial charge in [-0.05, 0) is 27.8 Å². The molecule has 0 spiro atoms. The fourth-order valence-corrected chi connectivity index (χ4v) is 3.99. The van der Waals surface area contributed by atoms with Crippen LogP contribution in [0.4, 0.5) is 4.79 Å². The quantitative estimate of drug-likeness (QED) is 0.592. The monoisotopic (exact) mass is 403 g/mol. The standard InChI is InChI=1S/C24H21NO3S/c26-23(29)22(14-16-8-2-1-3-9-16)25-24(27)28-15-21-19-12-6-4-10-17(19)18-11-5-7-13-20(18)21/h1-13,21-22H,14-15H2,(H,25,27)(H,26,29)/t22-/m0/s1. The highest BCUT2D eigenvalue weighted by Crippen LogP contribution is 2.44. The molecule has 4 rings (SSSR count). The van der Waals surface area contributed by atoms with Crippen LogP contribution in [0.5, 0.6) is 0 Å². The van der Waals surface area contributed by atoms with Gasteiger partial charge in [0.2, 0.25) is 5.12 Å². The van der Waals surface area contributed by atoms with E-state index < -0.39 is 17.3 Å². The van der Waals surface area contributed by atoms with Crippen LogP contribution in [0, 0.1) is 0 Å². The molecule has 1 aliphatic rings. The largest absolute Gasteiger partial charge is 0.449 e. The van der Waals surface area contributed by atoms with E-state index >= 15 is 0 Å². The molecule has 3 aromatic carbocycles. The summed E-state index contributed by atoms with van der Waals surface area (Å²) in [5.41, 5.74) is 5.58. The minimum atomic E-state index is -0.739. The van der Waals surface area contributed by atoms with Crippen molar-refractivity contribution in [3.05, 3.63) is 95.6 Å². The topological polar surface area (TPSA) is 55.4 Å². The first-order valence-corrected chi connectivity index (χ1v) is 9.96. The van der Waals surface area contributed by atoms with Gasteiger partial charge in [0.25, 0.3) is 0 Å². The number of fused-ring (bicyclic) bond motifs is 3. The molecule has 1 amide bonds. The van der Waals surface area contributed by atoms with Gasteiger partial charge >= 0.3 is 6.09 Å². The van der Waals surface area contributed by atoms with Crippen molar-refractivity contribution in [1.29, 1.82) is 0 Å². The number of carbonyl (C=O) groups is 2. The van der Waals surface area contributed by atoms with E-state index in [0.29, 0.717) is 6.42 Å². The minimum Gasteiger partial charge on any atom is -0.449 e. The third-order valence-corrected chi connectivity index (χ3v) is 5.53. The Labute approximate surface area is 175 Å². The molecule has 1 N–H and O–H groups in total. The molecule has 146 valence electrons. The van der Waals surface area contributed by atoms with E-state index in [1.54, 1.807) is 0 Å². The number of hydrogen-bond acceptors (Lipinski definition) is 3. The van der Waals surface area contributed by atoms with E-state index in [1.165, 1.54) is 11.1 Å². The SMILES string of the molecule is O=C(N[C@@H](Cc1ccccc1)C(=O)S)OCC1c2ccccc2-c2ccccc21. The molecule has 0 heterocycles. The highest BCUT2D eigenvalue weighted by Gasteiger charge is 2.29. The third-order valence-electron chi connectivity index (χ3n) is 5.22. The zero-order valence-electron chi connectivity index (χ0n) is 15.7. The fourth-order valence-electron chi connectivity index (χ4n) is 3.83. The lowest BCUT2D eigenvalue weighted by Gasteiger charge is -2.18. The van der Waals surface area contributed by atoms with Crippen LogP contribution in [0.1, 0.15) is 22.6 Å². The zero-order valence-corrected chi connectivity index (χ0v) is 16.6. The van der Waals surface area contributed by atoms with Crippen LogP contribution in [0.25, 0.3) is 11.1 Å². The Hall–Kier alpha value is -3.05. The first-order chi connectivity index (χ1) is 14.1. The van der Waals surface area contributed by atoms with Gasteiger partial charge in [-0.25, -0.2) is 4.79 Å². The predicted octanol–water partition coefficient (Wildman–Crippen LogP) is 4.59. The number of rotatable bonds is 6. The van der Waals surface area contributed by atoms with Crippen LogP contribution in [0.2, 0.25) is 0 Å². The van der Waals surface area contributed by atoms with Crippen LogP contribution in [0.15, 0.2) is 78.9 Å². The Kier molecular flexibility index (Phi) is 5.67. The Bertz CT molecular complexity index is 990. The molecule has 0 aromatic heterocycles. The summed E-state index contributed by atoms with van der Waals surface area (Å²) < 4.78 is 5.52. The van der Waals surface area contributed by atoms with Crippen LogP contribution >= 0.6 is 12.6 Å². The van der Waals surface area contributed by atoms with E-state index in [2.05, 4.69) is 42.2 Å². The van der Waals surface area contributed by atoms with E-state index in [0.717, 1.165) is 16.7 Å². The van der Waals surface area contributed by atoms with Crippen molar-refractivity contribution >= 4 is 23.8 Å². The summed E-state index contributed by atoms with van der Waals surface area (Å²) >= 11 is 3.92. The second-order valence-corrected chi connectivity index (χ2v) is 7.49. The summed E-state index contributed by atoms with van der Waals surface area (Å²) in [5, 5.41) is 2.25. The molecule has 0 unspecified atom stereocenters. The maximum atomic E-state index is 12.4. The number of carbonyl (C=O) groups excluding carboxylic acids is 2. The number of alkyl carbamates (subject to hydrolysis) is 1. The molecule has 4 nitrogen and oxygen atoms in total. The predicted molar refractivity (Wildman–Crippen MR) is 116 cm³/mol. The number of amides is 1. The second kappa shape index (κ2) is 8.53. The normalized spacial score (nSPS) is 13.3. The molecule has 5 heteroatoms. The van der Waals surface area contributed by atoms with Gasteiger partial charge in [0, 0.05) is 12.3 Å². The van der Waals surface area contributed by atoms with Gasteiger partial charge in [0.1, 0.15) is 12.6 Å². The number of hydrogen-bond donors (Lipinski definition) is 2. The molecule has 0 saturated heterocycles. The number of nitrogens with one attached hydrogen (secondary N) is 1. The molecule has 0 radical (unpaired) electrons. The highest BCUT2D eigenvalue weighted by atomic mass is 32.1. The molecule has 0 aliphatic heterocycles. The van der Waals surface area contributed by atoms with Crippen molar-refractivity contribution in [3.63, 3.8) is 0 Å². The lowest BCUT2D eigenvalue weighted by atomic mass is 9.98. The summed E-state index contributed by atoms with van der Waals surface area (Å²) in [6, 6.07) is 25.1. The summed E-state index contributed by atoms with van der Waals surface area (Å²) in [5.74, 6) is -0.0209. The van der Waals surface area contributed by atoms with Gasteiger partial charge < -0.3 is 10.1 Å². The summed E-state index contributed by atoms with van der Waals surface area (Å²) in [4.78, 5) is 24.3. The van der Waals surface area contributed by atoms with Crippen LogP contribution in [-0.2, 0) is 16.0 Å². The third kappa shape index (κ3) is 4.20. The van der Waals surface area contributed by atoms with Gasteiger partial charge in [-0.3, -0.25) is 4.79 Å². The average molecular weight is 404 g/mol. The van der Waals surface area contributed by atoms with E-state index in [4.69, 9.17) is 4.74 Å². The van der Waals surface area contributed by atoms with Gasteiger partial charge in [0.15, 0.2) is 0 Å². The molecule has 29 heavy (non-hydrogen) atoms. The van der Waals surface area contributed by atoms with Crippen molar-refractivity contribution < 1.29 is 14.3 Å². The fraction of sp³-hybridized carbons (Fsp3) is 0.167. The van der Waals surface area contributed by atoms with Gasteiger partial charge in [0.05, 0.1) is 0 Å². The lowest BCUT2D eigenvalue weighted by Crippen LogP contribution is -2.41. The van der Waals surface area contributed by atoms with E-state index in [1.807, 2.05) is 54.6 Å². The lowest BCUT2D eigenvalue weighted by molar-refractivity contribution is -0.112. The molecule has 0 fully saturated rings. The van der Waals surface area contributed by atoms with Crippen LogP contribution < -0.4 is 5.32 Å². The maximum absolute atomic E-state index is 12.4. The summed E-state index contributed by atoms with van der Waals surface area (Å²) in [6.07, 6.45) is -0.247. The second-order valence-electron chi connectivity index (χ2n) is 7.05. The van der Waals surface area contributed by atoms with Crippen molar-refractivity contribution in [2.24, 2.45) is 0 Å². The highest BCUT2D eigenvalue weighted by molar-refractivity contribution is 7.96. The average Bonchev–Trinajstić information content (AvgIpc) is 3.06. The number of thiol groups is 1. The van der Waals surface area contributed by atoms with Gasteiger partial charge in [-0.15, -0.1) is 12.6 Å². The Balaban J connectivity index is 1.43. The Morgan fingerprint density at radius 1 is 0.862 bits per heavy atom. The molecule has 0 saturated carbocycles. The van der Waals surface area contributed by atoms with Gasteiger partial charge in [-0.2, -0.15) is 0 Å². The smallest absolute Gasteiger partial charge is 0.407 e. The Morgan fingerprint density at radius 2 is 1.41 bits per heavy atom. The van der Waals surface area contributed by atoms with Crippen molar-refractivity contribution in [2.75, 3.05) is 6.61 Å². The first-order valence-electron chi connectivity index (χ1n) is 9.51. The van der Waals surface area contributed by atoms with E-state index in [-0.39, 0.29) is 12.5 Å². The molecule has 1 aliphatic carbocycles. The molecular weight excluding hydrogens is 382 g/mol. The van der Waals surface area contributed by atoms with Gasteiger partial charge in [-0.1, -0.05) is 78.9 Å². The maximum Gasteiger partial charge on any atom is 0.407 e. The van der Waals surface area contributed by atoms with Crippen molar-refractivity contribution in [2.45, 2.75) is 18.4 Å². The summed E-state index contributed by atoms with van der Waals surface area (Å²) in [7, 11) is 0. The zero-order chi connectivity index (χ0) is 20.2. The van der Waals surface area contributed by atoms with Crippen molar-refractivity contribution in [1.82, 2.24) is 5.32 Å². The molecule has 0 bridgehead atoms. The minimum absolute atomic E-state index is 0.0209. The van der Waals surface area contributed by atoms with Crippen LogP contribution in [-0.4, -0.2) is 23.9 Å². The summed E-state index contributed by atoms with van der Waals surface area (Å²) in [6.45, 7) is 0.207. The number of benzene rings is 3. The number of ether oxygens (including phenoxy) is 1. The molecular formula is C24H21NO3S. The Morgan fingerprint density at radius 3 is 2.00 bits per heavy atom. The van der Waals surface area contributed by atoms with Crippen LogP contribution in [0.3, 0.4) is 0 Å². The first kappa shape index (κ1) is 19.3. The van der Waals surface area contributed by atoms with E-state index in [9.17, 15) is 9.59 Å².